The van der Waals surface area contributed by atoms with Crippen molar-refractivity contribution >= 4 is 11.6 Å². The topological polar surface area (TPSA) is 52.9 Å². The Morgan fingerprint density at radius 3 is 2.63 bits per heavy atom. The first-order valence-electron chi connectivity index (χ1n) is 5.37. The normalized spacial score (nSPS) is 9.74. The van der Waals surface area contributed by atoms with Crippen LogP contribution in [0, 0.1) is 23.0 Å². The quantitative estimate of drug-likeness (QED) is 0.899. The van der Waals surface area contributed by atoms with Gasteiger partial charge >= 0.3 is 0 Å². The fourth-order valence-corrected chi connectivity index (χ4v) is 1.52. The highest BCUT2D eigenvalue weighted by molar-refractivity contribution is 6.04. The molecule has 0 saturated carbocycles. The number of carbonyl (C=O) groups excluding carboxylic acids is 1. The fourth-order valence-electron chi connectivity index (χ4n) is 1.52. The third kappa shape index (κ3) is 2.93. The number of hydrogen-bond donors (Lipinski definition) is 1. The Labute approximate surface area is 108 Å². The zero-order valence-corrected chi connectivity index (χ0v) is 9.65. The molecule has 0 spiro atoms. The van der Waals surface area contributed by atoms with Crippen molar-refractivity contribution in [3.63, 3.8) is 0 Å². The second-order valence-corrected chi connectivity index (χ2v) is 3.77. The number of rotatable bonds is 2. The van der Waals surface area contributed by atoms with E-state index in [9.17, 15) is 13.6 Å². The van der Waals surface area contributed by atoms with Crippen LogP contribution in [0.1, 0.15) is 15.9 Å². The molecule has 0 fully saturated rings. The van der Waals surface area contributed by atoms with E-state index in [0.717, 1.165) is 12.1 Å². The smallest absolute Gasteiger partial charge is 0.255 e. The van der Waals surface area contributed by atoms with Crippen molar-refractivity contribution in [1.29, 1.82) is 5.26 Å². The number of halogens is 2. The van der Waals surface area contributed by atoms with Crippen LogP contribution in [0.15, 0.2) is 42.5 Å². The minimum absolute atomic E-state index is 0.142. The van der Waals surface area contributed by atoms with Gasteiger partial charge in [-0.1, -0.05) is 6.07 Å². The third-order valence-corrected chi connectivity index (χ3v) is 2.43. The third-order valence-electron chi connectivity index (χ3n) is 2.43. The van der Waals surface area contributed by atoms with E-state index in [0.29, 0.717) is 0 Å². The van der Waals surface area contributed by atoms with Gasteiger partial charge in [-0.3, -0.25) is 4.79 Å². The molecule has 2 aromatic carbocycles. The summed E-state index contributed by atoms with van der Waals surface area (Å²) in [4.78, 5) is 11.8. The molecule has 0 radical (unpaired) electrons. The lowest BCUT2D eigenvalue weighted by Gasteiger charge is -2.06. The molecule has 0 aliphatic carbocycles. The van der Waals surface area contributed by atoms with Crippen molar-refractivity contribution in [3.05, 3.63) is 65.2 Å². The molecule has 2 aromatic rings. The number of nitrogens with one attached hydrogen (secondary N) is 1. The average molecular weight is 258 g/mol. The first kappa shape index (κ1) is 12.7. The molecular weight excluding hydrogens is 250 g/mol. The average Bonchev–Trinajstić information content (AvgIpc) is 2.41. The van der Waals surface area contributed by atoms with Gasteiger partial charge in [0.15, 0.2) is 0 Å². The number of nitrogens with zero attached hydrogens (tertiary/aromatic N) is 1. The predicted molar refractivity (Wildman–Crippen MR) is 65.5 cm³/mol. The summed E-state index contributed by atoms with van der Waals surface area (Å²) >= 11 is 0. The molecular formula is C14H8F2N2O. The van der Waals surface area contributed by atoms with E-state index in [2.05, 4.69) is 5.32 Å². The van der Waals surface area contributed by atoms with E-state index >= 15 is 0 Å². The van der Waals surface area contributed by atoms with E-state index < -0.39 is 17.5 Å². The van der Waals surface area contributed by atoms with Crippen LogP contribution in [0.2, 0.25) is 0 Å². The lowest BCUT2D eigenvalue weighted by Crippen LogP contribution is -2.12. The Morgan fingerprint density at radius 2 is 1.95 bits per heavy atom. The summed E-state index contributed by atoms with van der Waals surface area (Å²) in [6.07, 6.45) is 0. The van der Waals surface area contributed by atoms with Gasteiger partial charge in [-0.15, -0.1) is 0 Å². The van der Waals surface area contributed by atoms with Gasteiger partial charge in [0.1, 0.15) is 17.7 Å². The first-order chi connectivity index (χ1) is 9.10. The molecule has 19 heavy (non-hydrogen) atoms. The lowest BCUT2D eigenvalue weighted by atomic mass is 10.1. The maximum atomic E-state index is 13.1. The molecule has 3 nitrogen and oxygen atoms in total. The van der Waals surface area contributed by atoms with E-state index in [1.807, 2.05) is 0 Å². The van der Waals surface area contributed by atoms with E-state index in [1.165, 1.54) is 30.3 Å². The Morgan fingerprint density at radius 1 is 1.16 bits per heavy atom. The summed E-state index contributed by atoms with van der Waals surface area (Å²) < 4.78 is 26.1. The summed E-state index contributed by atoms with van der Waals surface area (Å²) in [6, 6.07) is 10.5. The van der Waals surface area contributed by atoms with Crippen molar-refractivity contribution in [2.45, 2.75) is 0 Å². The van der Waals surface area contributed by atoms with Crippen LogP contribution in [0.25, 0.3) is 0 Å². The Hall–Kier alpha value is -2.74. The number of nitriles is 1. The number of benzene rings is 2. The summed E-state index contributed by atoms with van der Waals surface area (Å²) in [5.74, 6) is -1.72. The minimum Gasteiger partial charge on any atom is -0.322 e. The highest BCUT2D eigenvalue weighted by Gasteiger charge is 2.08. The number of amides is 1. The second-order valence-electron chi connectivity index (χ2n) is 3.77. The number of hydrogen-bond acceptors (Lipinski definition) is 2. The highest BCUT2D eigenvalue weighted by atomic mass is 19.1. The highest BCUT2D eigenvalue weighted by Crippen LogP contribution is 2.15. The summed E-state index contributed by atoms with van der Waals surface area (Å²) in [5.41, 5.74) is 0.243. The Bertz CT molecular complexity index is 677. The summed E-state index contributed by atoms with van der Waals surface area (Å²) in [5, 5.41) is 11.1. The molecule has 2 rings (SSSR count). The molecule has 1 amide bonds. The van der Waals surface area contributed by atoms with E-state index in [4.69, 9.17) is 5.26 Å². The number of carbonyl (C=O) groups is 1. The standard InChI is InChI=1S/C14H8F2N2O/c15-11-3-1-2-9(6-11)14(19)18-12-4-5-13(16)10(7-12)8-17/h1-7H,(H,18,19). The molecule has 1 N–H and O–H groups in total. The van der Waals surface area contributed by atoms with Gasteiger partial charge in [-0.2, -0.15) is 5.26 Å². The minimum atomic E-state index is -0.661. The first-order valence-corrected chi connectivity index (χ1v) is 5.37. The fraction of sp³-hybridized carbons (Fsp3) is 0. The van der Waals surface area contributed by atoms with Crippen LogP contribution < -0.4 is 5.32 Å². The molecule has 0 bridgehead atoms. The van der Waals surface area contributed by atoms with Crippen LogP contribution >= 0.6 is 0 Å². The van der Waals surface area contributed by atoms with Crippen LogP contribution in [0.3, 0.4) is 0 Å². The van der Waals surface area contributed by atoms with Crippen LogP contribution in [-0.2, 0) is 0 Å². The van der Waals surface area contributed by atoms with Gasteiger partial charge in [0.05, 0.1) is 5.56 Å². The van der Waals surface area contributed by atoms with Gasteiger partial charge < -0.3 is 5.32 Å². The van der Waals surface area contributed by atoms with Gasteiger partial charge in [-0.05, 0) is 36.4 Å². The molecule has 0 atom stereocenters. The molecule has 5 heteroatoms. The molecule has 0 heterocycles. The SMILES string of the molecule is N#Cc1cc(NC(=O)c2cccc(F)c2)ccc1F. The van der Waals surface area contributed by atoms with Crippen molar-refractivity contribution in [2.24, 2.45) is 0 Å². The molecule has 0 aliphatic rings. The Balaban J connectivity index is 2.22. The lowest BCUT2D eigenvalue weighted by molar-refractivity contribution is 0.102. The molecule has 94 valence electrons. The van der Waals surface area contributed by atoms with Crippen molar-refractivity contribution in [1.82, 2.24) is 0 Å². The molecule has 0 saturated heterocycles. The summed E-state index contributed by atoms with van der Waals surface area (Å²) in [7, 11) is 0. The van der Waals surface area contributed by atoms with Crippen LogP contribution in [0.4, 0.5) is 14.5 Å². The monoisotopic (exact) mass is 258 g/mol. The maximum absolute atomic E-state index is 13.1. The van der Waals surface area contributed by atoms with Gasteiger partial charge in [0.2, 0.25) is 0 Å². The van der Waals surface area contributed by atoms with Crippen LogP contribution in [0.5, 0.6) is 0 Å². The largest absolute Gasteiger partial charge is 0.322 e. The number of anilines is 1. The van der Waals surface area contributed by atoms with Gasteiger partial charge in [0, 0.05) is 11.3 Å². The second kappa shape index (κ2) is 5.27. The van der Waals surface area contributed by atoms with E-state index in [-0.39, 0.29) is 16.8 Å². The Kier molecular flexibility index (Phi) is 3.53. The zero-order valence-electron chi connectivity index (χ0n) is 9.65. The zero-order chi connectivity index (χ0) is 13.8. The summed E-state index contributed by atoms with van der Waals surface area (Å²) in [6.45, 7) is 0. The molecule has 0 aliphatic heterocycles. The molecule has 0 aromatic heterocycles. The van der Waals surface area contributed by atoms with Crippen LogP contribution in [-0.4, -0.2) is 5.91 Å². The maximum Gasteiger partial charge on any atom is 0.255 e. The van der Waals surface area contributed by atoms with E-state index in [1.54, 1.807) is 6.07 Å². The van der Waals surface area contributed by atoms with Gasteiger partial charge in [-0.25, -0.2) is 8.78 Å². The van der Waals surface area contributed by atoms with Gasteiger partial charge in [0.25, 0.3) is 5.91 Å². The predicted octanol–water partition coefficient (Wildman–Crippen LogP) is 3.09. The van der Waals surface area contributed by atoms with Crippen molar-refractivity contribution in [2.75, 3.05) is 5.32 Å². The molecule has 0 unspecified atom stereocenters. The van der Waals surface area contributed by atoms with Crippen molar-refractivity contribution in [3.8, 4) is 6.07 Å². The van der Waals surface area contributed by atoms with Crippen molar-refractivity contribution < 1.29 is 13.6 Å².